The van der Waals surface area contributed by atoms with E-state index in [-0.39, 0.29) is 69.4 Å². The molecule has 40 heteroatoms. The second-order valence-corrected chi connectivity index (χ2v) is 34.3. The Morgan fingerprint density at radius 1 is 0.391 bits per heavy atom. The second-order valence-electron chi connectivity index (χ2n) is 34.3. The Hall–Kier alpha value is -13.3. The number of nitrogens with zero attached hydrogens (tertiary/aromatic N) is 17. The molecule has 0 atom stereocenters. The third kappa shape index (κ3) is 23.4. The summed E-state index contributed by atoms with van der Waals surface area (Å²) in [5.74, 6) is -1.04. The molecule has 18 rings (SSSR count). The van der Waals surface area contributed by atoms with E-state index < -0.39 is 58.5 Å². The lowest BCUT2D eigenvalue weighted by molar-refractivity contribution is -0.138. The van der Waals surface area contributed by atoms with Gasteiger partial charge in [0.15, 0.2) is 34.4 Å². The number of aryl methyl sites for hydroxylation is 3. The van der Waals surface area contributed by atoms with Crippen LogP contribution in [0.2, 0.25) is 0 Å². The van der Waals surface area contributed by atoms with Crippen LogP contribution < -0.4 is 37.5 Å². The summed E-state index contributed by atoms with van der Waals surface area (Å²) < 4.78 is 129. The maximum Gasteiger partial charge on any atom is 0.416 e. The van der Waals surface area contributed by atoms with Crippen LogP contribution in [-0.4, -0.2) is 222 Å². The fraction of sp³-hybridized carbons (Fsp3) is 0.387. The summed E-state index contributed by atoms with van der Waals surface area (Å²) in [5.41, 5.74) is 4.59. The molecule has 133 heavy (non-hydrogen) atoms. The van der Waals surface area contributed by atoms with Gasteiger partial charge in [-0.05, 0) is 210 Å². The van der Waals surface area contributed by atoms with Crippen LogP contribution >= 0.6 is 0 Å². The number of rotatable bonds is 24. The van der Waals surface area contributed by atoms with Gasteiger partial charge in [0, 0.05) is 173 Å². The number of nitrogens with one attached hydrogen (secondary N) is 7. The van der Waals surface area contributed by atoms with E-state index >= 15 is 0 Å². The van der Waals surface area contributed by atoms with Gasteiger partial charge in [-0.2, -0.15) is 54.8 Å². The molecule has 9 aromatic heterocycles. The minimum Gasteiger partial charge on any atom is -0.325 e. The SMILES string of the molecule is CCN1CCN(Cc2cc(NC(=O)c3cc(-c4ccc5nc(NC(=O)C6CC6)cn5n4)c(C)[nH]c3=O)cc(C(F)(F)F)c2)CC1.CCN1CCN(Cc2cc(NC(=O)c3cc(-c4ccc5nc(NC(=O)C6CC6)cn5n4)c(C)cn3)cc(C(F)(F)F)c2)CC1.CCN1CCN(Cc2cc(NC(=O)c3cnc(C)c(-c4ccc5nc(NC(=O)C6CC6)cn5n4)c3)cc(C(F)(F)F)c2)CC1. The molecule has 3 saturated heterocycles. The molecule has 6 fully saturated rings. The van der Waals surface area contributed by atoms with Gasteiger partial charge in [0.05, 0.1) is 57.9 Å². The minimum atomic E-state index is -4.62. The number of aromatic nitrogens is 12. The number of imidazole rings is 3. The number of hydrogen-bond acceptors (Lipinski definition) is 21. The van der Waals surface area contributed by atoms with E-state index in [2.05, 4.69) is 127 Å². The largest absolute Gasteiger partial charge is 0.416 e. The maximum atomic E-state index is 13.8. The molecule has 6 amide bonds. The topological polar surface area (TPSA) is 343 Å². The smallest absolute Gasteiger partial charge is 0.325 e. The van der Waals surface area contributed by atoms with Crippen LogP contribution in [0, 0.1) is 38.5 Å². The fourth-order valence-electron chi connectivity index (χ4n) is 16.1. The van der Waals surface area contributed by atoms with Gasteiger partial charge >= 0.3 is 18.5 Å². The average molecular weight is 1840 g/mol. The molecule has 0 bridgehead atoms. The molecular weight excluding hydrogens is 1740 g/mol. The van der Waals surface area contributed by atoms with Crippen LogP contribution in [0.3, 0.4) is 0 Å². The van der Waals surface area contributed by atoms with E-state index in [4.69, 9.17) is 0 Å². The van der Waals surface area contributed by atoms with Gasteiger partial charge in [-0.1, -0.05) is 20.8 Å². The lowest BCUT2D eigenvalue weighted by Crippen LogP contribution is -2.45. The maximum absolute atomic E-state index is 13.8. The number of benzene rings is 3. The molecule has 696 valence electrons. The summed E-state index contributed by atoms with van der Waals surface area (Å²) in [5, 5.41) is 29.9. The normalized spacial score (nSPS) is 16.3. The molecule has 0 unspecified atom stereocenters. The lowest BCUT2D eigenvalue weighted by Gasteiger charge is -2.34. The van der Waals surface area contributed by atoms with Crippen molar-refractivity contribution in [1.29, 1.82) is 0 Å². The van der Waals surface area contributed by atoms with Crippen LogP contribution in [0.4, 0.5) is 74.0 Å². The highest BCUT2D eigenvalue weighted by Crippen LogP contribution is 2.39. The molecule has 0 radical (unpaired) electrons. The number of piperazine rings is 3. The zero-order valence-corrected chi connectivity index (χ0v) is 73.8. The van der Waals surface area contributed by atoms with Crippen molar-refractivity contribution in [2.75, 3.05) is 130 Å². The zero-order chi connectivity index (χ0) is 93.9. The van der Waals surface area contributed by atoms with Crippen molar-refractivity contribution >= 4 is 86.9 Å². The van der Waals surface area contributed by atoms with E-state index in [1.807, 2.05) is 6.92 Å². The van der Waals surface area contributed by atoms with Crippen molar-refractivity contribution in [1.82, 2.24) is 88.1 Å². The predicted molar refractivity (Wildman–Crippen MR) is 480 cm³/mol. The highest BCUT2D eigenvalue weighted by molar-refractivity contribution is 6.06. The Morgan fingerprint density at radius 2 is 0.744 bits per heavy atom. The van der Waals surface area contributed by atoms with Crippen molar-refractivity contribution in [2.45, 2.75) is 118 Å². The van der Waals surface area contributed by atoms with Crippen molar-refractivity contribution in [3.05, 3.63) is 218 Å². The van der Waals surface area contributed by atoms with E-state index in [0.717, 1.165) is 179 Å². The summed E-state index contributed by atoms with van der Waals surface area (Å²) in [6.07, 6.45) is -0.796. The number of hydrogen-bond donors (Lipinski definition) is 7. The Kier molecular flexibility index (Phi) is 27.4. The van der Waals surface area contributed by atoms with E-state index in [0.29, 0.717) is 116 Å². The van der Waals surface area contributed by atoms with Gasteiger partial charge in [0.2, 0.25) is 17.7 Å². The average Bonchev–Trinajstić information content (AvgIpc) is 1.76. The Morgan fingerprint density at radius 3 is 1.11 bits per heavy atom. The van der Waals surface area contributed by atoms with E-state index in [9.17, 15) is 73.1 Å². The van der Waals surface area contributed by atoms with Crippen LogP contribution in [0.1, 0.15) is 141 Å². The predicted octanol–water partition coefficient (Wildman–Crippen LogP) is 13.9. The zero-order valence-electron chi connectivity index (χ0n) is 73.8. The Labute approximate surface area is 757 Å². The summed E-state index contributed by atoms with van der Waals surface area (Å²) in [6, 6.07) is 25.7. The van der Waals surface area contributed by atoms with Crippen LogP contribution in [0.15, 0.2) is 145 Å². The molecule has 6 aliphatic rings. The van der Waals surface area contributed by atoms with E-state index in [1.165, 1.54) is 33.6 Å². The fourth-order valence-corrected chi connectivity index (χ4v) is 16.1. The quantitative estimate of drug-likeness (QED) is 0.0276. The van der Waals surface area contributed by atoms with Crippen molar-refractivity contribution in [3.63, 3.8) is 0 Å². The van der Waals surface area contributed by atoms with Crippen molar-refractivity contribution in [2.24, 2.45) is 17.8 Å². The Balaban J connectivity index is 0.000000145. The third-order valence-electron chi connectivity index (χ3n) is 24.2. The van der Waals surface area contributed by atoms with Gasteiger partial charge in [-0.15, -0.1) is 0 Å². The molecule has 12 heterocycles. The summed E-state index contributed by atoms with van der Waals surface area (Å²) >= 11 is 0. The summed E-state index contributed by atoms with van der Waals surface area (Å²) in [4.78, 5) is 127. The van der Waals surface area contributed by atoms with Crippen molar-refractivity contribution < 1.29 is 68.3 Å². The molecule has 3 saturated carbocycles. The van der Waals surface area contributed by atoms with Crippen LogP contribution in [0.5, 0.6) is 0 Å². The first-order chi connectivity index (χ1) is 63.6. The number of halogens is 9. The first-order valence-electron chi connectivity index (χ1n) is 44.2. The first-order valence-corrected chi connectivity index (χ1v) is 44.2. The number of amides is 6. The third-order valence-corrected chi connectivity index (χ3v) is 24.2. The number of pyridine rings is 3. The highest BCUT2D eigenvalue weighted by atomic mass is 19.4. The second kappa shape index (κ2) is 39.3. The monoisotopic (exact) mass is 1830 g/mol. The standard InChI is InChI=1S/C31H33F3N8O3.2C31H33F3N8O2/c1-3-40-8-10-41(11-9-40)16-19-12-21(31(32,33)34)14-22(13-19)36-30(45)24-15-23(18(2)35-29(24)44)25-6-7-27-37-26(17-42(27)39-25)38-28(43)20-4-5-20;1-3-40-8-10-41(11-9-40)17-20-12-23(31(32,33)34)15-24(13-20)36-30(44)22-14-25(19(2)35-16-22)26-6-7-28-37-27(18-42(28)39-26)38-29(43)21-4-5-21;1-3-40-8-10-41(11-9-40)17-20-12-22(31(32,33)34)14-23(13-20)36-30(44)26-15-24(19(2)16-35-26)25-6-7-28-37-27(18-42(28)39-25)38-29(43)21-4-5-21/h6-7,12-15,17,20H,3-5,8-11,16H2,1-2H3,(H,35,44)(H,36,45)(H,38,43);2*6-7,12-16,18,21H,3-5,8-11,17H2,1-2H3,(H,36,44)(H,38,43). The van der Waals surface area contributed by atoms with Crippen LogP contribution in [0.25, 0.3) is 50.7 Å². The first kappa shape index (κ1) is 93.0. The number of alkyl halides is 9. The van der Waals surface area contributed by atoms with Gasteiger partial charge in [0.1, 0.15) is 11.3 Å². The molecule has 0 spiro atoms. The Bertz CT molecular complexity index is 6200. The molecule has 12 aromatic rings. The summed E-state index contributed by atoms with van der Waals surface area (Å²) in [6.45, 7) is 24.9. The molecule has 3 aliphatic carbocycles. The minimum absolute atomic E-state index is 0.0101. The lowest BCUT2D eigenvalue weighted by atomic mass is 10.1. The van der Waals surface area contributed by atoms with Gasteiger partial charge in [0.25, 0.3) is 23.3 Å². The van der Waals surface area contributed by atoms with Gasteiger partial charge in [-0.3, -0.25) is 58.2 Å². The number of aromatic amines is 1. The van der Waals surface area contributed by atoms with Gasteiger partial charge < -0.3 is 51.6 Å². The van der Waals surface area contributed by atoms with Crippen LogP contribution in [-0.2, 0) is 52.5 Å². The van der Waals surface area contributed by atoms with Gasteiger partial charge in [-0.25, -0.2) is 28.5 Å². The molecule has 3 aliphatic heterocycles. The molecular formula is C93H99F9N24O7. The number of H-pyrrole nitrogens is 1. The number of likely N-dealkylation sites (N-methyl/N-ethyl adjacent to an activating group) is 3. The van der Waals surface area contributed by atoms with Crippen molar-refractivity contribution in [3.8, 4) is 33.8 Å². The number of anilines is 6. The highest BCUT2D eigenvalue weighted by Gasteiger charge is 2.38. The molecule has 31 nitrogen and oxygen atoms in total. The molecule has 7 N–H and O–H groups in total. The number of carbonyl (C=O) groups excluding carboxylic acids is 6. The number of carbonyl (C=O) groups is 6. The number of fused-ring (bicyclic) bond motifs is 3. The summed E-state index contributed by atoms with van der Waals surface area (Å²) in [7, 11) is 0. The van der Waals surface area contributed by atoms with E-state index in [1.54, 1.807) is 97.6 Å². The molecule has 3 aromatic carbocycles.